The van der Waals surface area contributed by atoms with E-state index in [9.17, 15) is 8.42 Å². The van der Waals surface area contributed by atoms with Gasteiger partial charge in [0.15, 0.2) is 0 Å². The number of sulfonamides is 1. The van der Waals surface area contributed by atoms with Crippen LogP contribution < -0.4 is 15.2 Å². The second-order valence-corrected chi connectivity index (χ2v) is 8.41. The van der Waals surface area contributed by atoms with Crippen LogP contribution in [0.1, 0.15) is 38.2 Å². The predicted octanol–water partition coefficient (Wildman–Crippen LogP) is 2.21. The number of benzene rings is 1. The van der Waals surface area contributed by atoms with Crippen molar-refractivity contribution in [3.8, 4) is 5.75 Å². The van der Waals surface area contributed by atoms with Crippen molar-refractivity contribution >= 4 is 21.6 Å². The van der Waals surface area contributed by atoms with Crippen LogP contribution in [0.25, 0.3) is 0 Å². The Morgan fingerprint density at radius 1 is 1.41 bits per heavy atom. The Morgan fingerprint density at radius 3 is 2.73 bits per heavy atom. The minimum Gasteiger partial charge on any atom is -0.489 e. The summed E-state index contributed by atoms with van der Waals surface area (Å²) in [7, 11) is -3.65. The average molecular weight is 345 g/mol. The molecule has 0 bridgehead atoms. The molecule has 0 saturated heterocycles. The van der Waals surface area contributed by atoms with Crippen LogP contribution in [0.3, 0.4) is 0 Å². The zero-order chi connectivity index (χ0) is 16.0. The minimum absolute atomic E-state index is 0.0172. The van der Waals surface area contributed by atoms with Crippen LogP contribution in [-0.2, 0) is 16.4 Å². The van der Waals surface area contributed by atoms with Crippen LogP contribution in [0.4, 0.5) is 0 Å². The molecule has 1 heterocycles. The molecule has 5 nitrogen and oxygen atoms in total. The van der Waals surface area contributed by atoms with E-state index in [1.807, 2.05) is 6.92 Å². The summed E-state index contributed by atoms with van der Waals surface area (Å²) in [6.45, 7) is 2.25. The lowest BCUT2D eigenvalue weighted by atomic mass is 10.0. The highest BCUT2D eigenvalue weighted by Crippen LogP contribution is 2.38. The van der Waals surface area contributed by atoms with E-state index in [-0.39, 0.29) is 11.0 Å². The number of halogens is 1. The largest absolute Gasteiger partial charge is 0.489 e. The van der Waals surface area contributed by atoms with Crippen LogP contribution in [-0.4, -0.2) is 26.6 Å². The molecule has 3 N–H and O–H groups in total. The molecule has 122 valence electrons. The highest BCUT2D eigenvalue weighted by Gasteiger charge is 2.37. The molecule has 3 rings (SSSR count). The van der Waals surface area contributed by atoms with Crippen molar-refractivity contribution in [1.82, 2.24) is 4.72 Å². The van der Waals surface area contributed by atoms with Gasteiger partial charge in [-0.25, -0.2) is 13.1 Å². The van der Waals surface area contributed by atoms with Crippen LogP contribution in [0.2, 0.25) is 5.02 Å². The molecule has 22 heavy (non-hydrogen) atoms. The van der Waals surface area contributed by atoms with Gasteiger partial charge in [0.05, 0.1) is 9.92 Å². The Hall–Kier alpha value is -0.820. The summed E-state index contributed by atoms with van der Waals surface area (Å²) >= 11 is 6.19. The van der Waals surface area contributed by atoms with Gasteiger partial charge in [-0.15, -0.1) is 0 Å². The standard InChI is InChI=1S/C15H21ClN2O3S/c1-10-6-11-7-12(8-13(16)14(11)21-10)22(19,20)18-15(9-17)4-2-3-5-15/h7-8,10,18H,2-6,9,17H2,1H3. The summed E-state index contributed by atoms with van der Waals surface area (Å²) in [6, 6.07) is 3.12. The van der Waals surface area contributed by atoms with Crippen molar-refractivity contribution in [1.29, 1.82) is 0 Å². The van der Waals surface area contributed by atoms with Gasteiger partial charge in [-0.1, -0.05) is 24.4 Å². The molecule has 2 aliphatic rings. The number of ether oxygens (including phenoxy) is 1. The van der Waals surface area contributed by atoms with Crippen molar-refractivity contribution in [2.45, 2.75) is 55.6 Å². The van der Waals surface area contributed by atoms with Crippen molar-refractivity contribution in [3.05, 3.63) is 22.7 Å². The van der Waals surface area contributed by atoms with E-state index in [2.05, 4.69) is 4.72 Å². The van der Waals surface area contributed by atoms with E-state index in [4.69, 9.17) is 22.1 Å². The quantitative estimate of drug-likeness (QED) is 0.877. The fourth-order valence-corrected chi connectivity index (χ4v) is 5.25. The van der Waals surface area contributed by atoms with Gasteiger partial charge in [-0.05, 0) is 31.9 Å². The first kappa shape index (κ1) is 16.1. The number of hydrogen-bond acceptors (Lipinski definition) is 4. The molecular formula is C15H21ClN2O3S. The van der Waals surface area contributed by atoms with Crippen molar-refractivity contribution in [3.63, 3.8) is 0 Å². The summed E-state index contributed by atoms with van der Waals surface area (Å²) in [4.78, 5) is 0.189. The van der Waals surface area contributed by atoms with Gasteiger partial charge in [0, 0.05) is 24.1 Å². The molecule has 1 unspecified atom stereocenters. The van der Waals surface area contributed by atoms with Gasteiger partial charge in [-0.3, -0.25) is 0 Å². The van der Waals surface area contributed by atoms with E-state index >= 15 is 0 Å². The maximum absolute atomic E-state index is 12.7. The second-order valence-electron chi connectivity index (χ2n) is 6.32. The minimum atomic E-state index is -3.65. The molecule has 1 aliphatic carbocycles. The van der Waals surface area contributed by atoms with Crippen LogP contribution in [0.5, 0.6) is 5.75 Å². The lowest BCUT2D eigenvalue weighted by Gasteiger charge is -2.28. The number of hydrogen-bond donors (Lipinski definition) is 2. The highest BCUT2D eigenvalue weighted by atomic mass is 35.5. The van der Waals surface area contributed by atoms with Gasteiger partial charge < -0.3 is 10.5 Å². The summed E-state index contributed by atoms with van der Waals surface area (Å²) in [5, 5.41) is 0.343. The van der Waals surface area contributed by atoms with Gasteiger partial charge in [0.2, 0.25) is 10.0 Å². The van der Waals surface area contributed by atoms with Crippen molar-refractivity contribution in [2.24, 2.45) is 5.73 Å². The molecule has 1 fully saturated rings. The third-order valence-corrected chi connectivity index (χ3v) is 6.37. The van der Waals surface area contributed by atoms with E-state index in [0.717, 1.165) is 31.2 Å². The molecule has 7 heteroatoms. The van der Waals surface area contributed by atoms with Gasteiger partial charge >= 0.3 is 0 Å². The molecular weight excluding hydrogens is 324 g/mol. The van der Waals surface area contributed by atoms with E-state index in [1.54, 1.807) is 6.07 Å². The van der Waals surface area contributed by atoms with E-state index in [1.165, 1.54) is 6.07 Å². The maximum Gasteiger partial charge on any atom is 0.241 e. The topological polar surface area (TPSA) is 81.4 Å². The van der Waals surface area contributed by atoms with Crippen LogP contribution in [0.15, 0.2) is 17.0 Å². The van der Waals surface area contributed by atoms with Crippen LogP contribution in [0, 0.1) is 0 Å². The Labute approximate surface area is 136 Å². The van der Waals surface area contributed by atoms with Crippen molar-refractivity contribution < 1.29 is 13.2 Å². The fourth-order valence-electron chi connectivity index (χ4n) is 3.36. The third kappa shape index (κ3) is 2.85. The zero-order valence-electron chi connectivity index (χ0n) is 12.6. The average Bonchev–Trinajstić information content (AvgIpc) is 3.05. The third-order valence-electron chi connectivity index (χ3n) is 4.53. The SMILES string of the molecule is CC1Cc2cc(S(=O)(=O)NC3(CN)CCCC3)cc(Cl)c2O1. The summed E-state index contributed by atoms with van der Waals surface area (Å²) < 4.78 is 33.9. The Kier molecular flexibility index (Phi) is 4.14. The number of fused-ring (bicyclic) bond motifs is 1. The number of rotatable bonds is 4. The molecule has 1 atom stereocenters. The van der Waals surface area contributed by atoms with Gasteiger partial charge in [-0.2, -0.15) is 0 Å². The number of nitrogens with one attached hydrogen (secondary N) is 1. The molecule has 0 amide bonds. The lowest BCUT2D eigenvalue weighted by molar-refractivity contribution is 0.255. The normalized spacial score (nSPS) is 23.3. The molecule has 0 aromatic heterocycles. The molecule has 0 spiro atoms. The molecule has 1 aliphatic heterocycles. The zero-order valence-corrected chi connectivity index (χ0v) is 14.1. The number of nitrogens with two attached hydrogens (primary N) is 1. The highest BCUT2D eigenvalue weighted by molar-refractivity contribution is 7.89. The van der Waals surface area contributed by atoms with E-state index < -0.39 is 15.6 Å². The maximum atomic E-state index is 12.7. The Bertz CT molecular complexity index is 684. The second kappa shape index (κ2) is 5.67. The van der Waals surface area contributed by atoms with Gasteiger partial charge in [0.25, 0.3) is 0 Å². The Morgan fingerprint density at radius 2 is 2.09 bits per heavy atom. The smallest absolute Gasteiger partial charge is 0.241 e. The lowest BCUT2D eigenvalue weighted by Crippen LogP contribution is -2.51. The first-order chi connectivity index (χ1) is 10.4. The van der Waals surface area contributed by atoms with Crippen LogP contribution >= 0.6 is 11.6 Å². The van der Waals surface area contributed by atoms with E-state index in [0.29, 0.717) is 23.7 Å². The molecule has 1 aromatic rings. The summed E-state index contributed by atoms with van der Waals surface area (Å²) in [5.41, 5.74) is 6.14. The summed E-state index contributed by atoms with van der Waals surface area (Å²) in [5.74, 6) is 0.600. The molecule has 1 saturated carbocycles. The fraction of sp³-hybridized carbons (Fsp3) is 0.600. The van der Waals surface area contributed by atoms with Gasteiger partial charge in [0.1, 0.15) is 11.9 Å². The summed E-state index contributed by atoms with van der Waals surface area (Å²) in [6.07, 6.45) is 4.24. The molecule has 1 aromatic carbocycles. The predicted molar refractivity (Wildman–Crippen MR) is 85.8 cm³/mol. The first-order valence-electron chi connectivity index (χ1n) is 7.58. The molecule has 0 radical (unpaired) electrons. The first-order valence-corrected chi connectivity index (χ1v) is 9.44. The van der Waals surface area contributed by atoms with Crippen molar-refractivity contribution in [2.75, 3.05) is 6.54 Å². The Balaban J connectivity index is 1.93. The monoisotopic (exact) mass is 344 g/mol.